The number of benzene rings is 1. The number of hydrazone groups is 1. The summed E-state index contributed by atoms with van der Waals surface area (Å²) in [5, 5.41) is 5.29. The van der Waals surface area contributed by atoms with Crippen molar-refractivity contribution in [2.45, 2.75) is 19.8 Å². The lowest BCUT2D eigenvalue weighted by Gasteiger charge is -2.37. The number of hydrogen-bond donors (Lipinski definition) is 0. The molecule has 0 unspecified atom stereocenters. The van der Waals surface area contributed by atoms with Gasteiger partial charge in [0.2, 0.25) is 0 Å². The van der Waals surface area contributed by atoms with Crippen LogP contribution in [0.2, 0.25) is 0 Å². The summed E-state index contributed by atoms with van der Waals surface area (Å²) in [6.07, 6.45) is 7.67. The minimum absolute atomic E-state index is 0.163. The van der Waals surface area contributed by atoms with E-state index in [1.54, 1.807) is 13.2 Å². The molecule has 1 aromatic carbocycles. The highest BCUT2D eigenvalue weighted by Gasteiger charge is 2.56. The first-order chi connectivity index (χ1) is 13.0. The van der Waals surface area contributed by atoms with Gasteiger partial charge in [-0.3, -0.25) is 9.59 Å². The van der Waals surface area contributed by atoms with Crippen LogP contribution in [0.1, 0.15) is 25.3 Å². The highest BCUT2D eigenvalue weighted by Crippen LogP contribution is 2.49. The van der Waals surface area contributed by atoms with Gasteiger partial charge in [-0.25, -0.2) is 0 Å². The highest BCUT2D eigenvalue weighted by atomic mass is 79.9. The minimum Gasteiger partial charge on any atom is -0.493 e. The van der Waals surface area contributed by atoms with Crippen molar-refractivity contribution in [3.63, 3.8) is 0 Å². The smallest absolute Gasteiger partial charge is 0.254 e. The SMILES string of the molecule is CCOc1c(Br)cc(/C=N\N2C(=O)[C@@H]3[C@@H](C2=O)[C@H]2C=C[C@H]3CC2)cc1OC. The van der Waals surface area contributed by atoms with Crippen molar-refractivity contribution in [1.82, 2.24) is 5.01 Å². The van der Waals surface area contributed by atoms with Crippen LogP contribution in [0.5, 0.6) is 11.5 Å². The van der Waals surface area contributed by atoms with E-state index in [9.17, 15) is 9.59 Å². The molecule has 1 heterocycles. The van der Waals surface area contributed by atoms with Gasteiger partial charge >= 0.3 is 0 Å². The van der Waals surface area contributed by atoms with Crippen molar-refractivity contribution >= 4 is 34.0 Å². The molecule has 1 aromatic rings. The molecule has 27 heavy (non-hydrogen) atoms. The molecular weight excluding hydrogens is 412 g/mol. The van der Waals surface area contributed by atoms with E-state index in [0.717, 1.165) is 22.3 Å². The van der Waals surface area contributed by atoms with Gasteiger partial charge in [0.05, 0.1) is 36.2 Å². The lowest BCUT2D eigenvalue weighted by Crippen LogP contribution is -2.38. The maximum atomic E-state index is 12.8. The number of carbonyl (C=O) groups is 2. The van der Waals surface area contributed by atoms with Crippen LogP contribution in [0.4, 0.5) is 0 Å². The van der Waals surface area contributed by atoms with Crippen molar-refractivity contribution in [2.75, 3.05) is 13.7 Å². The molecule has 0 radical (unpaired) electrons. The Morgan fingerprint density at radius 1 is 1.19 bits per heavy atom. The maximum absolute atomic E-state index is 12.8. The molecule has 1 aliphatic heterocycles. The summed E-state index contributed by atoms with van der Waals surface area (Å²) in [4.78, 5) is 25.6. The molecule has 2 fully saturated rings. The third-order valence-electron chi connectivity index (χ3n) is 5.60. The number of allylic oxidation sites excluding steroid dienone is 2. The van der Waals surface area contributed by atoms with Gasteiger partial charge in [-0.2, -0.15) is 10.1 Å². The van der Waals surface area contributed by atoms with Crippen LogP contribution < -0.4 is 9.47 Å². The fourth-order valence-electron chi connectivity index (χ4n) is 4.40. The second kappa shape index (κ2) is 7.11. The third-order valence-corrected chi connectivity index (χ3v) is 6.19. The largest absolute Gasteiger partial charge is 0.493 e. The highest BCUT2D eigenvalue weighted by molar-refractivity contribution is 9.10. The standard InChI is InChI=1S/C20H21BrN2O4/c1-3-27-18-14(21)8-11(9-15(18)26-2)10-22-23-19(24)16-12-4-5-13(7-6-12)17(16)20(23)25/h4-5,8-10,12-13,16-17H,3,6-7H2,1-2H3/b22-10-/t12-,13-,16-,17-/m0/s1. The normalized spacial score (nSPS) is 28.9. The predicted molar refractivity (Wildman–Crippen MR) is 104 cm³/mol. The monoisotopic (exact) mass is 432 g/mol. The van der Waals surface area contributed by atoms with E-state index in [0.29, 0.717) is 23.7 Å². The molecule has 0 N–H and O–H groups in total. The number of imide groups is 1. The zero-order valence-corrected chi connectivity index (χ0v) is 16.8. The van der Waals surface area contributed by atoms with Gasteiger partial charge in [0.25, 0.3) is 11.8 Å². The average molecular weight is 433 g/mol. The quantitative estimate of drug-likeness (QED) is 0.406. The van der Waals surface area contributed by atoms with Crippen molar-refractivity contribution in [1.29, 1.82) is 0 Å². The van der Waals surface area contributed by atoms with E-state index < -0.39 is 0 Å². The number of carbonyl (C=O) groups excluding carboxylic acids is 2. The van der Waals surface area contributed by atoms with E-state index in [-0.39, 0.29) is 35.5 Å². The summed E-state index contributed by atoms with van der Waals surface area (Å²) in [5.41, 5.74) is 0.707. The van der Waals surface area contributed by atoms with E-state index in [1.165, 1.54) is 6.21 Å². The van der Waals surface area contributed by atoms with Crippen LogP contribution >= 0.6 is 15.9 Å². The molecule has 3 aliphatic carbocycles. The summed E-state index contributed by atoms with van der Waals surface area (Å²) < 4.78 is 11.7. The van der Waals surface area contributed by atoms with Crippen molar-refractivity contribution in [3.8, 4) is 11.5 Å². The first kappa shape index (κ1) is 18.2. The molecular formula is C20H21BrN2O4. The molecule has 4 aliphatic rings. The second-order valence-corrected chi connectivity index (χ2v) is 7.90. The Morgan fingerprint density at radius 3 is 2.33 bits per heavy atom. The fourth-order valence-corrected chi connectivity index (χ4v) is 4.97. The second-order valence-electron chi connectivity index (χ2n) is 7.04. The third kappa shape index (κ3) is 2.98. The summed E-state index contributed by atoms with van der Waals surface area (Å²) in [7, 11) is 1.56. The Balaban J connectivity index is 1.59. The van der Waals surface area contributed by atoms with Crippen LogP contribution in [-0.2, 0) is 9.59 Å². The van der Waals surface area contributed by atoms with Gasteiger partial charge in [0, 0.05) is 0 Å². The van der Waals surface area contributed by atoms with Gasteiger partial charge in [-0.1, -0.05) is 12.2 Å². The van der Waals surface area contributed by atoms with E-state index in [4.69, 9.17) is 9.47 Å². The molecule has 142 valence electrons. The fraction of sp³-hybridized carbons (Fsp3) is 0.450. The molecule has 2 amide bonds. The Bertz CT molecular complexity index is 819. The van der Waals surface area contributed by atoms with Gasteiger partial charge < -0.3 is 9.47 Å². The van der Waals surface area contributed by atoms with Crippen LogP contribution in [0.25, 0.3) is 0 Å². The van der Waals surface area contributed by atoms with Crippen molar-refractivity contribution in [3.05, 3.63) is 34.3 Å². The lowest BCUT2D eigenvalue weighted by atomic mass is 9.63. The summed E-state index contributed by atoms with van der Waals surface area (Å²) in [6.45, 7) is 2.41. The molecule has 6 nitrogen and oxygen atoms in total. The summed E-state index contributed by atoms with van der Waals surface area (Å²) in [6, 6.07) is 3.59. The molecule has 0 spiro atoms. The number of fused-ring (bicyclic) bond motifs is 1. The average Bonchev–Trinajstić information content (AvgIpc) is 2.95. The number of methoxy groups -OCH3 is 1. The lowest BCUT2D eigenvalue weighted by molar-refractivity contribution is -0.140. The Morgan fingerprint density at radius 2 is 1.81 bits per heavy atom. The Labute approximate surface area is 166 Å². The number of ether oxygens (including phenoxy) is 2. The van der Waals surface area contributed by atoms with Crippen LogP contribution in [0, 0.1) is 23.7 Å². The first-order valence-corrected chi connectivity index (χ1v) is 9.95. The number of amides is 2. The molecule has 0 aromatic heterocycles. The topological polar surface area (TPSA) is 68.2 Å². The van der Waals surface area contributed by atoms with Gasteiger partial charge in [-0.15, -0.1) is 0 Å². The summed E-state index contributed by atoms with van der Waals surface area (Å²) in [5.74, 6) is 0.629. The molecule has 4 atom stereocenters. The van der Waals surface area contributed by atoms with Gasteiger partial charge in [0.15, 0.2) is 11.5 Å². The molecule has 2 bridgehead atoms. The van der Waals surface area contributed by atoms with E-state index >= 15 is 0 Å². The van der Waals surface area contributed by atoms with E-state index in [1.807, 2.05) is 13.0 Å². The number of hydrogen-bond acceptors (Lipinski definition) is 5. The van der Waals surface area contributed by atoms with Crippen LogP contribution in [0.3, 0.4) is 0 Å². The molecule has 5 rings (SSSR count). The van der Waals surface area contributed by atoms with Crippen molar-refractivity contribution < 1.29 is 19.1 Å². The maximum Gasteiger partial charge on any atom is 0.254 e. The Kier molecular flexibility index (Phi) is 4.80. The van der Waals surface area contributed by atoms with Gasteiger partial charge in [0.1, 0.15) is 0 Å². The zero-order valence-electron chi connectivity index (χ0n) is 15.2. The Hall–Kier alpha value is -2.15. The summed E-state index contributed by atoms with van der Waals surface area (Å²) >= 11 is 3.47. The van der Waals surface area contributed by atoms with Gasteiger partial charge in [-0.05, 0) is 65.2 Å². The molecule has 1 saturated heterocycles. The van der Waals surface area contributed by atoms with Crippen molar-refractivity contribution in [2.24, 2.45) is 28.8 Å². The first-order valence-electron chi connectivity index (χ1n) is 9.15. The zero-order chi connectivity index (χ0) is 19.1. The molecule has 7 heteroatoms. The predicted octanol–water partition coefficient (Wildman–Crippen LogP) is 3.39. The number of nitrogens with zero attached hydrogens (tertiary/aromatic N) is 2. The minimum atomic E-state index is -0.250. The number of halogens is 1. The number of rotatable bonds is 5. The van der Waals surface area contributed by atoms with Crippen LogP contribution in [0.15, 0.2) is 33.9 Å². The molecule has 1 saturated carbocycles. The van der Waals surface area contributed by atoms with E-state index in [2.05, 4.69) is 33.2 Å². The van der Waals surface area contributed by atoms with Crippen LogP contribution in [-0.4, -0.2) is 36.8 Å².